The van der Waals surface area contributed by atoms with E-state index < -0.39 is 0 Å². The van der Waals surface area contributed by atoms with Gasteiger partial charge in [0, 0.05) is 40.9 Å². The minimum atomic E-state index is -0.0861. The zero-order valence-corrected chi connectivity index (χ0v) is 19.9. The Morgan fingerprint density at radius 3 is 2.53 bits per heavy atom. The monoisotopic (exact) mass is 445 g/mol. The number of rotatable bonds is 4. The van der Waals surface area contributed by atoms with Crippen LogP contribution >= 0.6 is 11.8 Å². The first-order chi connectivity index (χ1) is 15.5. The van der Waals surface area contributed by atoms with Crippen molar-refractivity contribution in [2.24, 2.45) is 13.0 Å². The van der Waals surface area contributed by atoms with E-state index in [1.54, 1.807) is 11.8 Å². The van der Waals surface area contributed by atoms with Crippen LogP contribution in [0.4, 0.5) is 5.69 Å². The third kappa shape index (κ3) is 3.73. The number of aryl methyl sites for hydroxylation is 1. The highest BCUT2D eigenvalue weighted by Crippen LogP contribution is 2.43. The molecule has 2 aliphatic rings. The van der Waals surface area contributed by atoms with Gasteiger partial charge in [-0.15, -0.1) is 0 Å². The summed E-state index contributed by atoms with van der Waals surface area (Å²) in [7, 11) is 2.10. The number of carbonyl (C=O) groups is 1. The SMILES string of the molecule is Cc1c(/C=C2\SC(Nc3ccccc3)N([C@@H]3CCCC[C@@H]3C)C2=O)c2ccccc2n1C. The fourth-order valence-corrected chi connectivity index (χ4v) is 6.42. The largest absolute Gasteiger partial charge is 0.356 e. The molecule has 1 aliphatic heterocycles. The molecule has 1 unspecified atom stereocenters. The standard InChI is InChI=1S/C27H31N3OS/c1-18-11-7-9-15-23(18)30-26(31)25(32-27(30)28-20-12-5-4-6-13-20)17-22-19(2)29(3)24-16-10-8-14-21(22)24/h4-6,8,10,12-14,16-18,23,27-28H,7,9,11,15H2,1-3H3/b25-17-/t18-,23+,27?/m0/s1. The molecular weight excluding hydrogens is 414 g/mol. The van der Waals surface area contributed by atoms with Gasteiger partial charge in [0.1, 0.15) is 0 Å². The first kappa shape index (κ1) is 21.2. The van der Waals surface area contributed by atoms with Crippen LogP contribution in [0.2, 0.25) is 0 Å². The van der Waals surface area contributed by atoms with E-state index >= 15 is 0 Å². The smallest absolute Gasteiger partial charge is 0.262 e. The van der Waals surface area contributed by atoms with Crippen molar-refractivity contribution >= 4 is 40.3 Å². The molecule has 2 aromatic carbocycles. The third-order valence-corrected chi connectivity index (χ3v) is 8.26. The fourth-order valence-electron chi connectivity index (χ4n) is 5.23. The first-order valence-electron chi connectivity index (χ1n) is 11.6. The Bertz CT molecular complexity index is 1170. The fraction of sp³-hybridized carbons (Fsp3) is 0.370. The van der Waals surface area contributed by atoms with E-state index in [1.807, 2.05) is 18.2 Å². The maximum Gasteiger partial charge on any atom is 0.262 e. The van der Waals surface area contributed by atoms with Crippen LogP contribution in [0, 0.1) is 12.8 Å². The summed E-state index contributed by atoms with van der Waals surface area (Å²) in [5.41, 5.74) is 4.50. The summed E-state index contributed by atoms with van der Waals surface area (Å²) in [6, 6.07) is 19.0. The highest BCUT2D eigenvalue weighted by atomic mass is 32.2. The molecule has 3 aromatic rings. The maximum absolute atomic E-state index is 13.8. The maximum atomic E-state index is 13.8. The number of aromatic nitrogens is 1. The van der Waals surface area contributed by atoms with Crippen LogP contribution in [-0.4, -0.2) is 26.9 Å². The lowest BCUT2D eigenvalue weighted by Gasteiger charge is -2.39. The molecule has 2 fully saturated rings. The van der Waals surface area contributed by atoms with Gasteiger partial charge in [0.25, 0.3) is 5.91 Å². The first-order valence-corrected chi connectivity index (χ1v) is 12.5. The quantitative estimate of drug-likeness (QED) is 0.474. The molecule has 1 aromatic heterocycles. The topological polar surface area (TPSA) is 37.3 Å². The number of hydrogen-bond acceptors (Lipinski definition) is 3. The molecule has 1 saturated heterocycles. The normalized spacial score (nSPS) is 25.1. The van der Waals surface area contributed by atoms with E-state index in [-0.39, 0.29) is 17.4 Å². The molecule has 5 heteroatoms. The lowest BCUT2D eigenvalue weighted by Crippen LogP contribution is -2.48. The van der Waals surface area contributed by atoms with Gasteiger partial charge in [0.2, 0.25) is 0 Å². The summed E-state index contributed by atoms with van der Waals surface area (Å²) >= 11 is 1.66. The van der Waals surface area contributed by atoms with Crippen molar-refractivity contribution in [2.75, 3.05) is 5.32 Å². The molecule has 2 heterocycles. The minimum Gasteiger partial charge on any atom is -0.356 e. The van der Waals surface area contributed by atoms with Gasteiger partial charge in [-0.1, -0.05) is 67.9 Å². The van der Waals surface area contributed by atoms with Crippen LogP contribution in [-0.2, 0) is 11.8 Å². The summed E-state index contributed by atoms with van der Waals surface area (Å²) in [5, 5.41) is 4.83. The van der Waals surface area contributed by atoms with Crippen LogP contribution in [0.1, 0.15) is 43.9 Å². The second kappa shape index (κ2) is 8.70. The van der Waals surface area contributed by atoms with E-state index in [9.17, 15) is 4.79 Å². The van der Waals surface area contributed by atoms with Crippen molar-refractivity contribution in [1.82, 2.24) is 9.47 Å². The molecule has 0 radical (unpaired) electrons. The van der Waals surface area contributed by atoms with Gasteiger partial charge < -0.3 is 14.8 Å². The van der Waals surface area contributed by atoms with Gasteiger partial charge in [-0.2, -0.15) is 0 Å². The van der Waals surface area contributed by atoms with E-state index in [2.05, 4.69) is 78.2 Å². The summed E-state index contributed by atoms with van der Waals surface area (Å²) in [5.74, 6) is 0.682. The number of carbonyl (C=O) groups excluding carboxylic acids is 1. The van der Waals surface area contributed by atoms with Gasteiger partial charge in [0.15, 0.2) is 5.50 Å². The number of nitrogens with one attached hydrogen (secondary N) is 1. The van der Waals surface area contributed by atoms with E-state index in [0.29, 0.717) is 5.92 Å². The van der Waals surface area contributed by atoms with Crippen molar-refractivity contribution in [1.29, 1.82) is 0 Å². The lowest BCUT2D eigenvalue weighted by molar-refractivity contribution is -0.129. The van der Waals surface area contributed by atoms with Crippen molar-refractivity contribution in [3.8, 4) is 0 Å². The number of anilines is 1. The Kier molecular flexibility index (Phi) is 5.76. The van der Waals surface area contributed by atoms with Gasteiger partial charge >= 0.3 is 0 Å². The van der Waals surface area contributed by atoms with Crippen LogP contribution in [0.15, 0.2) is 59.5 Å². The summed E-state index contributed by atoms with van der Waals surface area (Å²) in [4.78, 5) is 16.8. The Labute approximate surface area is 194 Å². The Balaban J connectivity index is 1.54. The highest BCUT2D eigenvalue weighted by Gasteiger charge is 2.43. The van der Waals surface area contributed by atoms with Crippen LogP contribution in [0.5, 0.6) is 0 Å². The second-order valence-electron chi connectivity index (χ2n) is 9.11. The molecule has 5 rings (SSSR count). The Hall–Kier alpha value is -2.66. The predicted molar refractivity (Wildman–Crippen MR) is 135 cm³/mol. The molecule has 1 N–H and O–H groups in total. The molecule has 4 nitrogen and oxygen atoms in total. The second-order valence-corrected chi connectivity index (χ2v) is 10.2. The number of fused-ring (bicyclic) bond motifs is 1. The summed E-state index contributed by atoms with van der Waals surface area (Å²) < 4.78 is 2.21. The molecular formula is C27H31N3OS. The number of hydrogen-bond donors (Lipinski definition) is 1. The lowest BCUT2D eigenvalue weighted by atomic mass is 9.85. The van der Waals surface area contributed by atoms with Gasteiger partial charge in [-0.05, 0) is 50.0 Å². The van der Waals surface area contributed by atoms with E-state index in [1.165, 1.54) is 35.9 Å². The zero-order chi connectivity index (χ0) is 22.2. The third-order valence-electron chi connectivity index (χ3n) is 7.15. The molecule has 0 bridgehead atoms. The van der Waals surface area contributed by atoms with Crippen LogP contribution in [0.25, 0.3) is 17.0 Å². The molecule has 1 saturated carbocycles. The van der Waals surface area contributed by atoms with E-state index in [0.717, 1.165) is 22.6 Å². The van der Waals surface area contributed by atoms with Gasteiger partial charge in [-0.25, -0.2) is 0 Å². The van der Waals surface area contributed by atoms with Crippen molar-refractivity contribution in [3.05, 3.63) is 70.8 Å². The summed E-state index contributed by atoms with van der Waals surface area (Å²) in [6.07, 6.45) is 6.86. The predicted octanol–water partition coefficient (Wildman–Crippen LogP) is 6.38. The molecule has 1 amide bonds. The number of para-hydroxylation sites is 2. The number of nitrogens with zero attached hydrogens (tertiary/aromatic N) is 2. The molecule has 0 spiro atoms. The Morgan fingerprint density at radius 1 is 1.03 bits per heavy atom. The van der Waals surface area contributed by atoms with Crippen molar-refractivity contribution < 1.29 is 4.79 Å². The average Bonchev–Trinajstić information content (AvgIpc) is 3.24. The molecule has 166 valence electrons. The van der Waals surface area contributed by atoms with Crippen LogP contribution < -0.4 is 5.32 Å². The van der Waals surface area contributed by atoms with E-state index in [4.69, 9.17) is 0 Å². The van der Waals surface area contributed by atoms with Gasteiger partial charge in [0.05, 0.1) is 4.91 Å². The minimum absolute atomic E-state index is 0.0861. The number of benzene rings is 2. The molecule has 3 atom stereocenters. The number of thioether (sulfide) groups is 1. The molecule has 1 aliphatic carbocycles. The Morgan fingerprint density at radius 2 is 1.75 bits per heavy atom. The number of amides is 1. The average molecular weight is 446 g/mol. The highest BCUT2D eigenvalue weighted by molar-refractivity contribution is 8.05. The summed E-state index contributed by atoms with van der Waals surface area (Å²) in [6.45, 7) is 4.44. The zero-order valence-electron chi connectivity index (χ0n) is 19.0. The van der Waals surface area contributed by atoms with Gasteiger partial charge in [-0.3, -0.25) is 4.79 Å². The van der Waals surface area contributed by atoms with Crippen molar-refractivity contribution in [2.45, 2.75) is 51.1 Å². The van der Waals surface area contributed by atoms with Crippen molar-refractivity contribution in [3.63, 3.8) is 0 Å². The van der Waals surface area contributed by atoms with Crippen LogP contribution in [0.3, 0.4) is 0 Å². The molecule has 32 heavy (non-hydrogen) atoms.